The van der Waals surface area contributed by atoms with Gasteiger partial charge in [-0.25, -0.2) is 0 Å². The van der Waals surface area contributed by atoms with Crippen molar-refractivity contribution in [2.24, 2.45) is 4.40 Å². The zero-order valence-corrected chi connectivity index (χ0v) is 17.9. The summed E-state index contributed by atoms with van der Waals surface area (Å²) in [6.45, 7) is 7.69. The van der Waals surface area contributed by atoms with Gasteiger partial charge in [0.25, 0.3) is 10.0 Å². The molecule has 0 spiro atoms. The minimum Gasteiger partial charge on any atom is -0.465 e. The number of ether oxygens (including phenoxy) is 1. The summed E-state index contributed by atoms with van der Waals surface area (Å²) in [4.78, 5) is 12.5. The van der Waals surface area contributed by atoms with Crippen LogP contribution in [0.4, 0.5) is 0 Å². The number of benzene rings is 2. The SMILES string of the molecule is CCOC(=O)Cn1/c(=N/S(=O)(=O)c2ccc(C)cc2)sc2c(C)cc(C)cc21. The number of thiazole rings is 1. The van der Waals surface area contributed by atoms with Crippen molar-refractivity contribution < 1.29 is 17.9 Å². The molecule has 0 atom stereocenters. The highest BCUT2D eigenvalue weighted by molar-refractivity contribution is 7.90. The van der Waals surface area contributed by atoms with Crippen molar-refractivity contribution in [2.75, 3.05) is 6.61 Å². The molecule has 6 nitrogen and oxygen atoms in total. The van der Waals surface area contributed by atoms with Gasteiger partial charge in [0, 0.05) is 0 Å². The number of aromatic nitrogens is 1. The Balaban J connectivity index is 2.24. The second-order valence-electron chi connectivity index (χ2n) is 6.59. The van der Waals surface area contributed by atoms with Gasteiger partial charge < -0.3 is 9.30 Å². The van der Waals surface area contributed by atoms with Gasteiger partial charge in [-0.2, -0.15) is 8.42 Å². The highest BCUT2D eigenvalue weighted by Gasteiger charge is 2.17. The molecule has 0 saturated carbocycles. The zero-order valence-electron chi connectivity index (χ0n) is 16.2. The van der Waals surface area contributed by atoms with Crippen LogP contribution in [0.15, 0.2) is 45.7 Å². The van der Waals surface area contributed by atoms with Crippen LogP contribution in [0.25, 0.3) is 10.2 Å². The molecule has 0 fully saturated rings. The van der Waals surface area contributed by atoms with Crippen LogP contribution in [-0.4, -0.2) is 25.6 Å². The third-order valence-corrected chi connectivity index (χ3v) is 6.85. The molecule has 0 radical (unpaired) electrons. The maximum atomic E-state index is 12.8. The van der Waals surface area contributed by atoms with E-state index in [4.69, 9.17) is 4.74 Å². The predicted molar refractivity (Wildman–Crippen MR) is 110 cm³/mol. The molecule has 0 aliphatic heterocycles. The molecular weight excluding hydrogens is 396 g/mol. The molecule has 0 aliphatic rings. The third-order valence-electron chi connectivity index (χ3n) is 4.22. The highest BCUT2D eigenvalue weighted by Crippen LogP contribution is 2.24. The largest absolute Gasteiger partial charge is 0.465 e. The maximum Gasteiger partial charge on any atom is 0.326 e. The van der Waals surface area contributed by atoms with Crippen LogP contribution in [0, 0.1) is 20.8 Å². The number of sulfonamides is 1. The minimum atomic E-state index is -3.91. The van der Waals surface area contributed by atoms with Crippen LogP contribution in [0.2, 0.25) is 0 Å². The number of hydrogen-bond donors (Lipinski definition) is 0. The lowest BCUT2D eigenvalue weighted by Gasteiger charge is -2.06. The number of esters is 1. The second-order valence-corrected chi connectivity index (χ2v) is 9.17. The number of carbonyl (C=O) groups excluding carboxylic acids is 1. The van der Waals surface area contributed by atoms with Crippen molar-refractivity contribution in [3.05, 3.63) is 57.9 Å². The molecule has 0 N–H and O–H groups in total. The van der Waals surface area contributed by atoms with E-state index in [1.54, 1.807) is 23.6 Å². The Morgan fingerprint density at radius 2 is 1.79 bits per heavy atom. The summed E-state index contributed by atoms with van der Waals surface area (Å²) >= 11 is 1.25. The van der Waals surface area contributed by atoms with E-state index >= 15 is 0 Å². The Morgan fingerprint density at radius 1 is 1.11 bits per heavy atom. The van der Waals surface area contributed by atoms with Crippen molar-refractivity contribution in [3.63, 3.8) is 0 Å². The van der Waals surface area contributed by atoms with Gasteiger partial charge in [-0.05, 0) is 57.0 Å². The van der Waals surface area contributed by atoms with Crippen LogP contribution in [0.5, 0.6) is 0 Å². The molecule has 0 saturated heterocycles. The molecule has 1 aromatic heterocycles. The molecule has 3 aromatic rings. The first-order valence-corrected chi connectivity index (χ1v) is 11.1. The first kappa shape index (κ1) is 20.3. The average Bonchev–Trinajstić information content (AvgIpc) is 2.93. The minimum absolute atomic E-state index is 0.0982. The summed E-state index contributed by atoms with van der Waals surface area (Å²) < 4.78 is 37.3. The Morgan fingerprint density at radius 3 is 2.43 bits per heavy atom. The Kier molecular flexibility index (Phi) is 5.71. The van der Waals surface area contributed by atoms with Gasteiger partial charge >= 0.3 is 5.97 Å². The molecule has 0 aliphatic carbocycles. The maximum absolute atomic E-state index is 12.8. The average molecular weight is 419 g/mol. The summed E-state index contributed by atoms with van der Waals surface area (Å²) in [7, 11) is -3.91. The van der Waals surface area contributed by atoms with Gasteiger partial charge in [-0.15, -0.1) is 4.40 Å². The van der Waals surface area contributed by atoms with Gasteiger partial charge in [-0.1, -0.05) is 35.1 Å². The van der Waals surface area contributed by atoms with Gasteiger partial charge in [0.05, 0.1) is 21.7 Å². The molecular formula is C20H22N2O4S2. The lowest BCUT2D eigenvalue weighted by molar-refractivity contribution is -0.143. The van der Waals surface area contributed by atoms with Crippen LogP contribution in [0.3, 0.4) is 0 Å². The number of nitrogens with zero attached hydrogens (tertiary/aromatic N) is 2. The van der Waals surface area contributed by atoms with Crippen LogP contribution >= 0.6 is 11.3 Å². The summed E-state index contributed by atoms with van der Waals surface area (Å²) in [5.41, 5.74) is 3.76. The fourth-order valence-electron chi connectivity index (χ4n) is 2.94. The number of hydrogen-bond acceptors (Lipinski definition) is 5. The van der Waals surface area contributed by atoms with E-state index in [2.05, 4.69) is 4.40 Å². The fourth-order valence-corrected chi connectivity index (χ4v) is 5.22. The predicted octanol–water partition coefficient (Wildman–Crippen LogP) is 3.48. The van der Waals surface area contributed by atoms with Crippen molar-refractivity contribution >= 4 is 37.5 Å². The second kappa shape index (κ2) is 7.89. The van der Waals surface area contributed by atoms with Crippen LogP contribution < -0.4 is 4.80 Å². The Hall–Kier alpha value is -2.45. The van der Waals surface area contributed by atoms with Crippen molar-refractivity contribution in [3.8, 4) is 0 Å². The summed E-state index contributed by atoms with van der Waals surface area (Å²) in [6, 6.07) is 10.5. The van der Waals surface area contributed by atoms with E-state index in [0.29, 0.717) is 0 Å². The summed E-state index contributed by atoms with van der Waals surface area (Å²) in [5, 5.41) is 0. The highest BCUT2D eigenvalue weighted by atomic mass is 32.2. The van der Waals surface area contributed by atoms with Gasteiger partial charge in [-0.3, -0.25) is 4.79 Å². The smallest absolute Gasteiger partial charge is 0.326 e. The first-order valence-electron chi connectivity index (χ1n) is 8.85. The monoisotopic (exact) mass is 418 g/mol. The fraction of sp³-hybridized carbons (Fsp3) is 0.300. The number of rotatable bonds is 5. The van der Waals surface area contributed by atoms with E-state index in [0.717, 1.165) is 26.9 Å². The lowest BCUT2D eigenvalue weighted by Crippen LogP contribution is -2.23. The molecule has 0 bridgehead atoms. The molecule has 0 unspecified atom stereocenters. The van der Waals surface area contributed by atoms with Gasteiger partial charge in [0.15, 0.2) is 0 Å². The molecule has 8 heteroatoms. The van der Waals surface area contributed by atoms with Gasteiger partial charge in [0.2, 0.25) is 4.80 Å². The zero-order chi connectivity index (χ0) is 20.5. The molecule has 1 heterocycles. The first-order chi connectivity index (χ1) is 13.2. The van der Waals surface area contributed by atoms with Gasteiger partial charge in [0.1, 0.15) is 6.54 Å². The number of aryl methyl sites for hydroxylation is 3. The van der Waals surface area contributed by atoms with E-state index in [1.165, 1.54) is 23.5 Å². The number of carbonyl (C=O) groups is 1. The number of fused-ring (bicyclic) bond motifs is 1. The van der Waals surface area contributed by atoms with E-state index in [1.807, 2.05) is 32.9 Å². The Bertz CT molecular complexity index is 1200. The van der Waals surface area contributed by atoms with Crippen LogP contribution in [-0.2, 0) is 26.1 Å². The van der Waals surface area contributed by atoms with E-state index in [9.17, 15) is 13.2 Å². The standard InChI is InChI=1S/C20H22N2O4S2/c1-5-26-18(23)12-22-17-11-14(3)10-15(4)19(17)27-20(22)21-28(24,25)16-8-6-13(2)7-9-16/h6-11H,5,12H2,1-4H3/b21-20-. The van der Waals surface area contributed by atoms with Crippen molar-refractivity contribution in [2.45, 2.75) is 39.1 Å². The lowest BCUT2D eigenvalue weighted by atomic mass is 10.1. The van der Waals surface area contributed by atoms with E-state index in [-0.39, 0.29) is 22.8 Å². The Labute approximate surface area is 168 Å². The normalized spacial score (nSPS) is 12.5. The summed E-state index contributed by atoms with van der Waals surface area (Å²) in [6.07, 6.45) is 0. The van der Waals surface area contributed by atoms with Crippen molar-refractivity contribution in [1.82, 2.24) is 4.57 Å². The van der Waals surface area contributed by atoms with Crippen LogP contribution in [0.1, 0.15) is 23.6 Å². The quantitative estimate of drug-likeness (QED) is 0.595. The summed E-state index contributed by atoms with van der Waals surface area (Å²) in [5.74, 6) is -0.435. The molecule has 3 rings (SSSR count). The third kappa shape index (κ3) is 4.18. The molecule has 2 aromatic carbocycles. The molecule has 0 amide bonds. The van der Waals surface area contributed by atoms with Crippen molar-refractivity contribution in [1.29, 1.82) is 0 Å². The van der Waals surface area contributed by atoms with E-state index < -0.39 is 16.0 Å². The molecule has 148 valence electrons. The molecule has 28 heavy (non-hydrogen) atoms. The topological polar surface area (TPSA) is 77.7 Å².